The zero-order valence-corrected chi connectivity index (χ0v) is 23.0. The van der Waals surface area contributed by atoms with Gasteiger partial charge in [0, 0.05) is 16.1 Å². The number of benzene rings is 2. The summed E-state index contributed by atoms with van der Waals surface area (Å²) in [4.78, 5) is 45.3. The number of nitrogens with zero attached hydrogens (tertiary/aromatic N) is 2. The van der Waals surface area contributed by atoms with Gasteiger partial charge in [-0.3, -0.25) is 19.0 Å². The van der Waals surface area contributed by atoms with Gasteiger partial charge in [-0.05, 0) is 93.0 Å². The first kappa shape index (κ1) is 25.4. The van der Waals surface area contributed by atoms with Gasteiger partial charge in [0.25, 0.3) is 5.56 Å². The first-order valence-corrected chi connectivity index (χ1v) is 14.2. The van der Waals surface area contributed by atoms with Crippen LogP contribution in [0.25, 0.3) is 15.9 Å². The molecule has 2 aromatic heterocycles. The van der Waals surface area contributed by atoms with E-state index in [1.54, 1.807) is 40.2 Å². The van der Waals surface area contributed by atoms with E-state index in [0.717, 1.165) is 51.9 Å². The van der Waals surface area contributed by atoms with E-state index in [0.29, 0.717) is 22.3 Å². The zero-order valence-electron chi connectivity index (χ0n) is 21.4. The molecule has 0 spiro atoms. The summed E-state index contributed by atoms with van der Waals surface area (Å²) in [5.74, 6) is 0.467. The third-order valence-electron chi connectivity index (χ3n) is 6.81. The molecule has 4 aromatic rings. The van der Waals surface area contributed by atoms with Crippen molar-refractivity contribution in [3.8, 4) is 5.69 Å². The minimum absolute atomic E-state index is 0.0240. The van der Waals surface area contributed by atoms with E-state index >= 15 is 0 Å². The second kappa shape index (κ2) is 10.3. The zero-order chi connectivity index (χ0) is 26.3. The highest BCUT2D eigenvalue weighted by atomic mass is 32.2. The third kappa shape index (κ3) is 5.13. The molecule has 0 aliphatic heterocycles. The maximum atomic E-state index is 14.0. The highest BCUT2D eigenvalue weighted by Gasteiger charge is 2.26. The molecule has 0 bridgehead atoms. The van der Waals surface area contributed by atoms with Crippen molar-refractivity contribution in [3.63, 3.8) is 0 Å². The molecule has 1 aliphatic rings. The number of aromatic nitrogens is 2. The van der Waals surface area contributed by atoms with Gasteiger partial charge in [0.15, 0.2) is 10.9 Å². The Morgan fingerprint density at radius 1 is 1.16 bits per heavy atom. The average Bonchev–Trinajstić information content (AvgIpc) is 3.22. The molecular weight excluding hydrogens is 502 g/mol. The number of aryl methyl sites for hydroxylation is 3. The quantitative estimate of drug-likeness (QED) is 0.184. The van der Waals surface area contributed by atoms with Crippen LogP contribution in [0.1, 0.15) is 52.2 Å². The lowest BCUT2D eigenvalue weighted by molar-refractivity contribution is -0.113. The van der Waals surface area contributed by atoms with Gasteiger partial charge in [-0.15, -0.1) is 11.3 Å². The fourth-order valence-corrected chi connectivity index (χ4v) is 6.99. The number of hydrogen-bond donors (Lipinski definition) is 1. The number of Topliss-reactive ketones (excluding diaryl/α,β-unsaturated/α-hetero) is 1. The number of carbonyl (C=O) groups excluding carboxylic acids is 2. The van der Waals surface area contributed by atoms with Gasteiger partial charge < -0.3 is 5.32 Å². The van der Waals surface area contributed by atoms with Crippen LogP contribution >= 0.6 is 23.1 Å². The Morgan fingerprint density at radius 2 is 1.92 bits per heavy atom. The van der Waals surface area contributed by atoms with Crippen LogP contribution < -0.4 is 10.9 Å². The van der Waals surface area contributed by atoms with Crippen molar-refractivity contribution in [1.82, 2.24) is 9.55 Å². The number of nitrogens with one attached hydrogen (secondary N) is 1. The average molecular weight is 532 g/mol. The molecule has 2 heterocycles. The fraction of sp³-hybridized carbons (Fsp3) is 0.310. The largest absolute Gasteiger partial charge is 0.325 e. The number of thiophene rings is 1. The normalized spacial score (nSPS) is 15.0. The van der Waals surface area contributed by atoms with Gasteiger partial charge in [-0.2, -0.15) is 0 Å². The summed E-state index contributed by atoms with van der Waals surface area (Å²) in [6.07, 6.45) is 2.95. The number of hydrogen-bond acceptors (Lipinski definition) is 6. The Kier molecular flexibility index (Phi) is 7.05. The van der Waals surface area contributed by atoms with Crippen molar-refractivity contribution in [3.05, 3.63) is 79.9 Å². The predicted octanol–water partition coefficient (Wildman–Crippen LogP) is 6.12. The molecule has 0 unspecified atom stereocenters. The molecule has 6 nitrogen and oxygen atoms in total. The van der Waals surface area contributed by atoms with Gasteiger partial charge >= 0.3 is 0 Å². The Labute approximate surface area is 224 Å². The van der Waals surface area contributed by atoms with Gasteiger partial charge in [0.1, 0.15) is 4.83 Å². The number of thioether (sulfide) groups is 1. The van der Waals surface area contributed by atoms with Crippen molar-refractivity contribution in [2.24, 2.45) is 5.92 Å². The number of anilines is 1. The van der Waals surface area contributed by atoms with Crippen molar-refractivity contribution >= 4 is 50.7 Å². The molecule has 8 heteroatoms. The van der Waals surface area contributed by atoms with E-state index in [9.17, 15) is 14.4 Å². The standard InChI is InChI=1S/C29H29N3O3S2/c1-16-5-7-18(3)23(13-16)32-28(35)26-22-12-6-17(2)14-24(22)37-27(26)31-29(32)36-15-25(34)30-21-10-8-20(9-11-21)19(4)33/h5,7-11,13,17H,6,12,14-15H2,1-4H3,(H,30,34)/t17-/m1/s1. The van der Waals surface area contributed by atoms with Gasteiger partial charge in [-0.1, -0.05) is 30.8 Å². The molecule has 0 saturated carbocycles. The summed E-state index contributed by atoms with van der Waals surface area (Å²) < 4.78 is 1.69. The lowest BCUT2D eigenvalue weighted by Crippen LogP contribution is -2.24. The van der Waals surface area contributed by atoms with E-state index in [4.69, 9.17) is 4.98 Å². The minimum Gasteiger partial charge on any atom is -0.325 e. The van der Waals surface area contributed by atoms with Crippen LogP contribution in [-0.4, -0.2) is 27.0 Å². The molecule has 0 radical (unpaired) electrons. The summed E-state index contributed by atoms with van der Waals surface area (Å²) >= 11 is 2.88. The lowest BCUT2D eigenvalue weighted by Gasteiger charge is -2.18. The summed E-state index contributed by atoms with van der Waals surface area (Å²) in [7, 11) is 0. The molecule has 1 N–H and O–H groups in total. The minimum atomic E-state index is -0.207. The van der Waals surface area contributed by atoms with Crippen molar-refractivity contribution < 1.29 is 9.59 Å². The van der Waals surface area contributed by atoms with Crippen LogP contribution in [0.5, 0.6) is 0 Å². The van der Waals surface area contributed by atoms with Crippen LogP contribution in [0, 0.1) is 19.8 Å². The van der Waals surface area contributed by atoms with E-state index < -0.39 is 0 Å². The number of carbonyl (C=O) groups is 2. The first-order chi connectivity index (χ1) is 17.7. The van der Waals surface area contributed by atoms with Crippen LogP contribution in [0.2, 0.25) is 0 Å². The summed E-state index contributed by atoms with van der Waals surface area (Å²) in [5, 5.41) is 4.11. The Morgan fingerprint density at radius 3 is 2.65 bits per heavy atom. The Balaban J connectivity index is 1.51. The van der Waals surface area contributed by atoms with Crippen molar-refractivity contribution in [2.45, 2.75) is 52.1 Å². The molecule has 37 heavy (non-hydrogen) atoms. The SMILES string of the molecule is CC(=O)c1ccc(NC(=O)CSc2nc3sc4c(c3c(=O)n2-c2cc(C)ccc2C)CC[C@@H](C)C4)cc1. The smallest absolute Gasteiger partial charge is 0.267 e. The van der Waals surface area contributed by atoms with Gasteiger partial charge in [-0.25, -0.2) is 4.98 Å². The molecule has 1 atom stereocenters. The highest BCUT2D eigenvalue weighted by molar-refractivity contribution is 7.99. The first-order valence-electron chi connectivity index (χ1n) is 12.4. The Hall–Kier alpha value is -3.23. The molecule has 0 fully saturated rings. The summed E-state index contributed by atoms with van der Waals surface area (Å²) in [6.45, 7) is 7.75. The topological polar surface area (TPSA) is 81.1 Å². The van der Waals surface area contributed by atoms with Gasteiger partial charge in [0.2, 0.25) is 5.91 Å². The molecule has 0 saturated heterocycles. The molecule has 1 aliphatic carbocycles. The fourth-order valence-electron chi connectivity index (χ4n) is 4.76. The van der Waals surface area contributed by atoms with Crippen LogP contribution in [0.4, 0.5) is 5.69 Å². The molecule has 5 rings (SSSR count). The number of fused-ring (bicyclic) bond motifs is 3. The van der Waals surface area contributed by atoms with Crippen LogP contribution in [0.15, 0.2) is 52.4 Å². The van der Waals surface area contributed by atoms with E-state index in [1.807, 2.05) is 32.0 Å². The van der Waals surface area contributed by atoms with E-state index in [2.05, 4.69) is 12.2 Å². The second-order valence-corrected chi connectivity index (χ2v) is 11.9. The van der Waals surface area contributed by atoms with Crippen molar-refractivity contribution in [2.75, 3.05) is 11.1 Å². The lowest BCUT2D eigenvalue weighted by atomic mass is 9.89. The molecule has 190 valence electrons. The monoisotopic (exact) mass is 531 g/mol. The molecular formula is C29H29N3O3S2. The highest BCUT2D eigenvalue weighted by Crippen LogP contribution is 2.37. The number of ketones is 1. The van der Waals surface area contributed by atoms with E-state index in [1.165, 1.54) is 23.6 Å². The number of rotatable bonds is 6. The second-order valence-electron chi connectivity index (χ2n) is 9.83. The molecule has 2 aromatic carbocycles. The maximum Gasteiger partial charge on any atom is 0.267 e. The van der Waals surface area contributed by atoms with Crippen molar-refractivity contribution in [1.29, 1.82) is 0 Å². The van der Waals surface area contributed by atoms with Crippen LogP contribution in [-0.2, 0) is 17.6 Å². The van der Waals surface area contributed by atoms with E-state index in [-0.39, 0.29) is 23.0 Å². The number of amides is 1. The third-order valence-corrected chi connectivity index (χ3v) is 8.90. The van der Waals surface area contributed by atoms with Crippen LogP contribution in [0.3, 0.4) is 0 Å². The summed E-state index contributed by atoms with van der Waals surface area (Å²) in [6, 6.07) is 12.9. The maximum absolute atomic E-state index is 14.0. The van der Waals surface area contributed by atoms with Gasteiger partial charge in [0.05, 0.1) is 16.8 Å². The Bertz CT molecular complexity index is 1580. The molecule has 1 amide bonds. The summed E-state index contributed by atoms with van der Waals surface area (Å²) in [5.41, 5.74) is 5.12. The predicted molar refractivity (Wildman–Crippen MR) is 152 cm³/mol.